The van der Waals surface area contributed by atoms with Gasteiger partial charge < -0.3 is 5.73 Å². The third-order valence-corrected chi connectivity index (χ3v) is 6.59. The molecule has 20 heavy (non-hydrogen) atoms. The molecule has 1 aliphatic rings. The molecule has 1 aliphatic heterocycles. The Hall–Kier alpha value is -0.670. The number of hydrogen-bond donors (Lipinski definition) is 1. The maximum atomic E-state index is 12.5. The van der Waals surface area contributed by atoms with E-state index in [0.717, 1.165) is 12.3 Å². The molecule has 0 bridgehead atoms. The maximum absolute atomic E-state index is 12.5. The molecule has 1 fully saturated rings. The fourth-order valence-corrected chi connectivity index (χ4v) is 4.76. The van der Waals surface area contributed by atoms with Crippen molar-refractivity contribution >= 4 is 31.5 Å². The average molecular weight is 339 g/mol. The van der Waals surface area contributed by atoms with E-state index in [1.54, 1.807) is 0 Å². The summed E-state index contributed by atoms with van der Waals surface area (Å²) >= 11 is 5.91. The molecule has 0 aliphatic carbocycles. The smallest absolute Gasteiger partial charge is 0.244 e. The first-order valence-corrected chi connectivity index (χ1v) is 9.58. The molecule has 1 aromatic rings. The van der Waals surface area contributed by atoms with Crippen LogP contribution in [0.3, 0.4) is 0 Å². The van der Waals surface area contributed by atoms with Gasteiger partial charge in [-0.2, -0.15) is 4.31 Å². The standard InChI is InChI=1S/C11H15ClN2O4S2/c1-19(15,16)9-2-3-10(12)11(6-9)20(17,18)14-5-4-8(13)7-14/h2-3,6,8H,4-5,7,13H2,1H3/t8-/m1/s1. The summed E-state index contributed by atoms with van der Waals surface area (Å²) in [7, 11) is -7.33. The lowest BCUT2D eigenvalue weighted by atomic mass is 10.3. The zero-order valence-electron chi connectivity index (χ0n) is 10.8. The SMILES string of the molecule is CS(=O)(=O)c1ccc(Cl)c(S(=O)(=O)N2CC[C@@H](N)C2)c1. The molecular weight excluding hydrogens is 324 g/mol. The van der Waals surface area contributed by atoms with Crippen LogP contribution in [0.2, 0.25) is 5.02 Å². The summed E-state index contributed by atoms with van der Waals surface area (Å²) in [6, 6.07) is 3.45. The second kappa shape index (κ2) is 5.27. The van der Waals surface area contributed by atoms with Crippen LogP contribution in [-0.4, -0.2) is 46.5 Å². The zero-order chi connectivity index (χ0) is 15.1. The van der Waals surface area contributed by atoms with Gasteiger partial charge in [-0.1, -0.05) is 11.6 Å². The molecule has 1 saturated heterocycles. The molecule has 2 N–H and O–H groups in total. The van der Waals surface area contributed by atoms with E-state index in [1.807, 2.05) is 0 Å². The molecule has 0 radical (unpaired) electrons. The number of rotatable bonds is 3. The van der Waals surface area contributed by atoms with Gasteiger partial charge >= 0.3 is 0 Å². The Labute approximate surface area is 123 Å². The van der Waals surface area contributed by atoms with E-state index in [4.69, 9.17) is 17.3 Å². The topological polar surface area (TPSA) is 97.5 Å². The molecule has 2 rings (SSSR count). The van der Waals surface area contributed by atoms with E-state index < -0.39 is 19.9 Å². The first-order chi connectivity index (χ1) is 9.12. The van der Waals surface area contributed by atoms with Crippen LogP contribution in [0.5, 0.6) is 0 Å². The Morgan fingerprint density at radius 1 is 1.30 bits per heavy atom. The second-order valence-electron chi connectivity index (χ2n) is 4.78. The monoisotopic (exact) mass is 338 g/mol. The first-order valence-electron chi connectivity index (χ1n) is 5.88. The van der Waals surface area contributed by atoms with Gasteiger partial charge in [-0.05, 0) is 24.6 Å². The van der Waals surface area contributed by atoms with Crippen LogP contribution in [0, 0.1) is 0 Å². The van der Waals surface area contributed by atoms with E-state index in [1.165, 1.54) is 16.4 Å². The van der Waals surface area contributed by atoms with Gasteiger partial charge in [-0.3, -0.25) is 0 Å². The van der Waals surface area contributed by atoms with E-state index in [9.17, 15) is 16.8 Å². The van der Waals surface area contributed by atoms with Crippen LogP contribution in [0.25, 0.3) is 0 Å². The third kappa shape index (κ3) is 2.99. The van der Waals surface area contributed by atoms with Gasteiger partial charge in [0.05, 0.1) is 9.92 Å². The summed E-state index contributed by atoms with van der Waals surface area (Å²) in [4.78, 5) is -0.278. The van der Waals surface area contributed by atoms with Crippen molar-refractivity contribution in [2.75, 3.05) is 19.3 Å². The molecule has 0 spiro atoms. The summed E-state index contributed by atoms with van der Waals surface area (Å²) in [5, 5.41) is -0.00197. The summed E-state index contributed by atoms with van der Waals surface area (Å²) in [6.07, 6.45) is 1.58. The minimum atomic E-state index is -3.83. The predicted molar refractivity (Wildman–Crippen MR) is 75.9 cm³/mol. The molecule has 0 aromatic heterocycles. The van der Waals surface area contributed by atoms with Crippen LogP contribution >= 0.6 is 11.6 Å². The quantitative estimate of drug-likeness (QED) is 0.863. The number of benzene rings is 1. The van der Waals surface area contributed by atoms with Gasteiger partial charge in [0, 0.05) is 25.4 Å². The van der Waals surface area contributed by atoms with Crippen LogP contribution in [-0.2, 0) is 19.9 Å². The van der Waals surface area contributed by atoms with Gasteiger partial charge in [0.1, 0.15) is 4.90 Å². The average Bonchev–Trinajstić information content (AvgIpc) is 2.75. The van der Waals surface area contributed by atoms with Gasteiger partial charge in [0.2, 0.25) is 10.0 Å². The first kappa shape index (κ1) is 15.7. The van der Waals surface area contributed by atoms with Gasteiger partial charge in [-0.15, -0.1) is 0 Å². The summed E-state index contributed by atoms with van der Waals surface area (Å²) < 4.78 is 49.2. The molecule has 1 heterocycles. The number of nitrogens with two attached hydrogens (primary N) is 1. The molecular formula is C11H15ClN2O4S2. The highest BCUT2D eigenvalue weighted by atomic mass is 35.5. The highest BCUT2D eigenvalue weighted by Crippen LogP contribution is 2.29. The lowest BCUT2D eigenvalue weighted by Gasteiger charge is -2.17. The van der Waals surface area contributed by atoms with Crippen molar-refractivity contribution in [3.05, 3.63) is 23.2 Å². The molecule has 112 valence electrons. The van der Waals surface area contributed by atoms with Gasteiger partial charge in [0.15, 0.2) is 9.84 Å². The van der Waals surface area contributed by atoms with Crippen LogP contribution in [0.1, 0.15) is 6.42 Å². The number of halogens is 1. The van der Waals surface area contributed by atoms with Gasteiger partial charge in [-0.25, -0.2) is 16.8 Å². The van der Waals surface area contributed by atoms with Crippen molar-refractivity contribution in [1.82, 2.24) is 4.31 Å². The molecule has 0 unspecified atom stereocenters. The fraction of sp³-hybridized carbons (Fsp3) is 0.455. The Kier molecular flexibility index (Phi) is 4.14. The highest BCUT2D eigenvalue weighted by molar-refractivity contribution is 7.91. The van der Waals surface area contributed by atoms with Crippen molar-refractivity contribution in [3.63, 3.8) is 0 Å². The highest BCUT2D eigenvalue weighted by Gasteiger charge is 2.32. The lowest BCUT2D eigenvalue weighted by molar-refractivity contribution is 0.472. The number of hydrogen-bond acceptors (Lipinski definition) is 5. The van der Waals surface area contributed by atoms with Crippen LogP contribution in [0.15, 0.2) is 28.0 Å². The van der Waals surface area contributed by atoms with Crippen LogP contribution < -0.4 is 5.73 Å². The normalized spacial score (nSPS) is 21.2. The minimum absolute atomic E-state index is 0.00197. The Bertz CT molecular complexity index is 731. The zero-order valence-corrected chi connectivity index (χ0v) is 13.2. The minimum Gasteiger partial charge on any atom is -0.326 e. The van der Waals surface area contributed by atoms with E-state index in [2.05, 4.69) is 0 Å². The largest absolute Gasteiger partial charge is 0.326 e. The molecule has 0 amide bonds. The molecule has 9 heteroatoms. The van der Waals surface area contributed by atoms with Crippen molar-refractivity contribution in [3.8, 4) is 0 Å². The summed E-state index contributed by atoms with van der Waals surface area (Å²) in [5.41, 5.74) is 5.70. The number of sulfonamides is 1. The molecule has 0 saturated carbocycles. The van der Waals surface area contributed by atoms with Gasteiger partial charge in [0.25, 0.3) is 0 Å². The lowest BCUT2D eigenvalue weighted by Crippen LogP contribution is -2.32. The number of sulfone groups is 1. The number of nitrogens with zero attached hydrogens (tertiary/aromatic N) is 1. The van der Waals surface area contributed by atoms with Crippen LogP contribution in [0.4, 0.5) is 0 Å². The predicted octanol–water partition coefficient (Wildman–Crippen LogP) is 0.465. The summed E-state index contributed by atoms with van der Waals surface area (Å²) in [6.45, 7) is 0.519. The van der Waals surface area contributed by atoms with Crippen molar-refractivity contribution in [1.29, 1.82) is 0 Å². The van der Waals surface area contributed by atoms with E-state index >= 15 is 0 Å². The molecule has 1 aromatic carbocycles. The maximum Gasteiger partial charge on any atom is 0.244 e. The molecule has 1 atom stereocenters. The van der Waals surface area contributed by atoms with E-state index in [0.29, 0.717) is 13.0 Å². The molecule has 6 nitrogen and oxygen atoms in total. The van der Waals surface area contributed by atoms with Crippen molar-refractivity contribution < 1.29 is 16.8 Å². The Morgan fingerprint density at radius 2 is 1.95 bits per heavy atom. The summed E-state index contributed by atoms with van der Waals surface area (Å²) in [5.74, 6) is 0. The van der Waals surface area contributed by atoms with E-state index in [-0.39, 0.29) is 27.4 Å². The Balaban J connectivity index is 2.52. The fourth-order valence-electron chi connectivity index (χ4n) is 2.02. The Morgan fingerprint density at radius 3 is 2.45 bits per heavy atom. The van der Waals surface area contributed by atoms with Crippen molar-refractivity contribution in [2.24, 2.45) is 5.73 Å². The van der Waals surface area contributed by atoms with Crippen molar-refractivity contribution in [2.45, 2.75) is 22.3 Å². The second-order valence-corrected chi connectivity index (χ2v) is 9.11. The third-order valence-electron chi connectivity index (χ3n) is 3.14.